The normalized spacial score (nSPS) is 10.7. The molecule has 4 rings (SSSR count). The molecule has 0 aliphatic heterocycles. The van der Waals surface area contributed by atoms with Gasteiger partial charge in [0.05, 0.1) is 12.3 Å². The highest BCUT2D eigenvalue weighted by Gasteiger charge is 2.16. The third-order valence-corrected chi connectivity index (χ3v) is 5.90. The van der Waals surface area contributed by atoms with E-state index in [4.69, 9.17) is 0 Å². The molecule has 0 aliphatic rings. The second kappa shape index (κ2) is 10.2. The second-order valence-corrected chi connectivity index (χ2v) is 8.38. The van der Waals surface area contributed by atoms with Crippen molar-refractivity contribution in [1.29, 1.82) is 0 Å². The van der Waals surface area contributed by atoms with Gasteiger partial charge in [0.25, 0.3) is 0 Å². The Balaban J connectivity index is 1.49. The van der Waals surface area contributed by atoms with E-state index >= 15 is 0 Å². The van der Waals surface area contributed by atoms with Crippen LogP contribution >= 0.6 is 11.8 Å². The third-order valence-electron chi connectivity index (χ3n) is 4.97. The lowest BCUT2D eigenvalue weighted by Crippen LogP contribution is -2.15. The smallest absolute Gasteiger partial charge is 0.234 e. The van der Waals surface area contributed by atoms with E-state index < -0.39 is 0 Å². The van der Waals surface area contributed by atoms with Crippen molar-refractivity contribution in [3.05, 3.63) is 95.8 Å². The SMILES string of the molecule is Cc1ccc(NCc2nnc(SCC(=O)Nc3ccccc3C)n2-c2ccccc2)cc1. The number of hydrogen-bond donors (Lipinski definition) is 2. The van der Waals surface area contributed by atoms with Gasteiger partial charge in [-0.05, 0) is 49.7 Å². The first-order chi connectivity index (χ1) is 15.6. The van der Waals surface area contributed by atoms with E-state index in [9.17, 15) is 4.79 Å². The summed E-state index contributed by atoms with van der Waals surface area (Å²) in [5, 5.41) is 15.8. The van der Waals surface area contributed by atoms with E-state index in [1.54, 1.807) is 0 Å². The maximum atomic E-state index is 12.5. The fourth-order valence-electron chi connectivity index (χ4n) is 3.23. The lowest BCUT2D eigenvalue weighted by atomic mass is 10.2. The van der Waals surface area contributed by atoms with Crippen molar-refractivity contribution in [2.24, 2.45) is 0 Å². The van der Waals surface area contributed by atoms with Gasteiger partial charge in [-0.1, -0.05) is 65.9 Å². The molecule has 0 saturated heterocycles. The average molecular weight is 444 g/mol. The molecule has 0 fully saturated rings. The number of benzene rings is 3. The zero-order valence-electron chi connectivity index (χ0n) is 18.1. The van der Waals surface area contributed by atoms with Crippen molar-refractivity contribution >= 4 is 29.0 Å². The molecule has 1 aromatic heterocycles. The number of carbonyl (C=O) groups is 1. The van der Waals surface area contributed by atoms with E-state index in [0.717, 1.165) is 28.5 Å². The van der Waals surface area contributed by atoms with E-state index in [1.807, 2.05) is 78.2 Å². The highest BCUT2D eigenvalue weighted by atomic mass is 32.2. The summed E-state index contributed by atoms with van der Waals surface area (Å²) < 4.78 is 1.99. The number of aromatic nitrogens is 3. The van der Waals surface area contributed by atoms with Crippen LogP contribution in [0.4, 0.5) is 11.4 Å². The Bertz CT molecular complexity index is 1190. The van der Waals surface area contributed by atoms with Crippen LogP contribution in [-0.4, -0.2) is 26.4 Å². The van der Waals surface area contributed by atoms with Gasteiger partial charge in [-0.15, -0.1) is 10.2 Å². The Hall–Kier alpha value is -3.58. The molecule has 0 aliphatic carbocycles. The summed E-state index contributed by atoms with van der Waals surface area (Å²) in [5.41, 5.74) is 5.05. The number of thioether (sulfide) groups is 1. The predicted molar refractivity (Wildman–Crippen MR) is 130 cm³/mol. The van der Waals surface area contributed by atoms with Crippen molar-refractivity contribution in [3.8, 4) is 5.69 Å². The minimum absolute atomic E-state index is 0.0776. The van der Waals surface area contributed by atoms with Gasteiger partial charge in [0.1, 0.15) is 0 Å². The predicted octanol–water partition coefficient (Wildman–Crippen LogP) is 5.23. The number of anilines is 2. The average Bonchev–Trinajstić information content (AvgIpc) is 3.22. The van der Waals surface area contributed by atoms with Crippen molar-refractivity contribution in [1.82, 2.24) is 14.8 Å². The van der Waals surface area contributed by atoms with Crippen molar-refractivity contribution in [2.45, 2.75) is 25.5 Å². The van der Waals surface area contributed by atoms with Crippen LogP contribution in [0, 0.1) is 13.8 Å². The summed E-state index contributed by atoms with van der Waals surface area (Å²) in [7, 11) is 0. The lowest BCUT2D eigenvalue weighted by Gasteiger charge is -2.12. The molecule has 1 heterocycles. The molecule has 1 amide bonds. The first-order valence-electron chi connectivity index (χ1n) is 10.4. The largest absolute Gasteiger partial charge is 0.378 e. The second-order valence-electron chi connectivity index (χ2n) is 7.44. The fourth-order valence-corrected chi connectivity index (χ4v) is 4.00. The van der Waals surface area contributed by atoms with Gasteiger partial charge in [-0.3, -0.25) is 9.36 Å². The molecule has 0 unspecified atom stereocenters. The summed E-state index contributed by atoms with van der Waals surface area (Å²) in [6.07, 6.45) is 0. The monoisotopic (exact) mass is 443 g/mol. The molecule has 0 atom stereocenters. The van der Waals surface area contributed by atoms with Gasteiger partial charge in [-0.2, -0.15) is 0 Å². The van der Waals surface area contributed by atoms with Crippen LogP contribution in [0.15, 0.2) is 84.0 Å². The number of amides is 1. The molecule has 32 heavy (non-hydrogen) atoms. The van der Waals surface area contributed by atoms with Gasteiger partial charge in [0.15, 0.2) is 11.0 Å². The molecule has 0 bridgehead atoms. The van der Waals surface area contributed by atoms with Crippen LogP contribution < -0.4 is 10.6 Å². The minimum Gasteiger partial charge on any atom is -0.378 e. The molecule has 6 nitrogen and oxygen atoms in total. The van der Waals surface area contributed by atoms with Crippen LogP contribution in [0.2, 0.25) is 0 Å². The standard InChI is InChI=1S/C25H25N5OS/c1-18-12-14-20(15-13-18)26-16-23-28-29-25(30(23)21-9-4-3-5-10-21)32-17-24(31)27-22-11-7-6-8-19(22)2/h3-15,26H,16-17H2,1-2H3,(H,27,31). The molecular formula is C25H25N5OS. The molecule has 0 radical (unpaired) electrons. The van der Waals surface area contributed by atoms with Crippen LogP contribution in [-0.2, 0) is 11.3 Å². The molecule has 4 aromatic rings. The number of carbonyl (C=O) groups excluding carboxylic acids is 1. The summed E-state index contributed by atoms with van der Waals surface area (Å²) in [5.74, 6) is 0.940. The Morgan fingerprint density at radius 3 is 2.38 bits per heavy atom. The number of aryl methyl sites for hydroxylation is 2. The van der Waals surface area contributed by atoms with Gasteiger partial charge in [0.2, 0.25) is 5.91 Å². The van der Waals surface area contributed by atoms with E-state index in [1.165, 1.54) is 17.3 Å². The molecule has 0 saturated carbocycles. The summed E-state index contributed by atoms with van der Waals surface area (Å²) in [4.78, 5) is 12.5. The Labute approximate surface area is 192 Å². The van der Waals surface area contributed by atoms with Gasteiger partial charge in [0, 0.05) is 17.1 Å². The number of nitrogens with one attached hydrogen (secondary N) is 2. The van der Waals surface area contributed by atoms with Gasteiger partial charge in [-0.25, -0.2) is 0 Å². The van der Waals surface area contributed by atoms with Crippen LogP contribution in [0.5, 0.6) is 0 Å². The molecule has 2 N–H and O–H groups in total. The van der Waals surface area contributed by atoms with Crippen LogP contribution in [0.1, 0.15) is 17.0 Å². The maximum Gasteiger partial charge on any atom is 0.234 e. The van der Waals surface area contributed by atoms with Crippen LogP contribution in [0.25, 0.3) is 5.69 Å². The Morgan fingerprint density at radius 2 is 1.62 bits per heavy atom. The number of rotatable bonds is 8. The molecule has 3 aromatic carbocycles. The van der Waals surface area contributed by atoms with Crippen LogP contribution in [0.3, 0.4) is 0 Å². The van der Waals surface area contributed by atoms with Crippen molar-refractivity contribution in [2.75, 3.05) is 16.4 Å². The molecule has 162 valence electrons. The highest BCUT2D eigenvalue weighted by Crippen LogP contribution is 2.23. The zero-order valence-corrected chi connectivity index (χ0v) is 18.9. The highest BCUT2D eigenvalue weighted by molar-refractivity contribution is 7.99. The molecular weight excluding hydrogens is 418 g/mol. The van der Waals surface area contributed by atoms with E-state index in [0.29, 0.717) is 11.7 Å². The topological polar surface area (TPSA) is 71.8 Å². The summed E-state index contributed by atoms with van der Waals surface area (Å²) >= 11 is 1.37. The van der Waals surface area contributed by atoms with E-state index in [2.05, 4.69) is 39.9 Å². The Kier molecular flexibility index (Phi) is 6.87. The van der Waals surface area contributed by atoms with Crippen molar-refractivity contribution < 1.29 is 4.79 Å². The minimum atomic E-state index is -0.0776. The summed E-state index contributed by atoms with van der Waals surface area (Å²) in [6, 6.07) is 25.9. The lowest BCUT2D eigenvalue weighted by molar-refractivity contribution is -0.113. The zero-order chi connectivity index (χ0) is 22.3. The van der Waals surface area contributed by atoms with E-state index in [-0.39, 0.29) is 11.7 Å². The first-order valence-corrected chi connectivity index (χ1v) is 11.4. The Morgan fingerprint density at radius 1 is 0.906 bits per heavy atom. The number of nitrogens with zero attached hydrogens (tertiary/aromatic N) is 3. The fraction of sp³-hybridized carbons (Fsp3) is 0.160. The maximum absolute atomic E-state index is 12.5. The number of hydrogen-bond acceptors (Lipinski definition) is 5. The third kappa shape index (κ3) is 5.36. The molecule has 7 heteroatoms. The van der Waals surface area contributed by atoms with Crippen molar-refractivity contribution in [3.63, 3.8) is 0 Å². The quantitative estimate of drug-likeness (QED) is 0.365. The van der Waals surface area contributed by atoms with Gasteiger partial charge < -0.3 is 10.6 Å². The number of para-hydroxylation sites is 2. The first kappa shape index (κ1) is 21.6. The van der Waals surface area contributed by atoms with Gasteiger partial charge >= 0.3 is 0 Å². The summed E-state index contributed by atoms with van der Waals surface area (Å²) in [6.45, 7) is 4.55. The molecule has 0 spiro atoms.